The maximum Gasteiger partial charge on any atom is 0.0546 e. The van der Waals surface area contributed by atoms with Crippen LogP contribution in [0.5, 0.6) is 0 Å². The summed E-state index contributed by atoms with van der Waals surface area (Å²) in [5, 5.41) is 2.47. The van der Waals surface area contributed by atoms with E-state index in [1.54, 1.807) is 0 Å². The Morgan fingerprint density at radius 3 is 1.40 bits per heavy atom. The van der Waals surface area contributed by atoms with Gasteiger partial charge >= 0.3 is 0 Å². The third-order valence-corrected chi connectivity index (χ3v) is 14.3. The predicted molar refractivity (Wildman–Crippen MR) is 269 cm³/mol. The number of hydrogen-bond acceptors (Lipinski definition) is 1. The molecule has 0 fully saturated rings. The second-order valence-electron chi connectivity index (χ2n) is 19.8. The first kappa shape index (κ1) is 38.9. The highest BCUT2D eigenvalue weighted by Gasteiger charge is 2.37. The second-order valence-corrected chi connectivity index (χ2v) is 19.8. The van der Waals surface area contributed by atoms with Crippen LogP contribution in [0.2, 0.25) is 0 Å². The molecule has 0 aliphatic heterocycles. The van der Waals surface area contributed by atoms with E-state index >= 15 is 0 Å². The molecule has 2 aliphatic rings. The Morgan fingerprint density at radius 2 is 0.810 bits per heavy atom. The summed E-state index contributed by atoms with van der Waals surface area (Å²) >= 11 is 0. The van der Waals surface area contributed by atoms with Gasteiger partial charge in [0.05, 0.1) is 5.69 Å². The van der Waals surface area contributed by atoms with Crippen molar-refractivity contribution in [3.63, 3.8) is 0 Å². The molecule has 2 aliphatic carbocycles. The molecule has 0 radical (unpaired) electrons. The molecule has 1 nitrogen and oxygen atoms in total. The molecule has 63 heavy (non-hydrogen) atoms. The normalized spacial score (nSPS) is 14.2. The molecule has 306 valence electrons. The van der Waals surface area contributed by atoms with Crippen molar-refractivity contribution in [3.05, 3.63) is 222 Å². The van der Waals surface area contributed by atoms with Crippen molar-refractivity contribution in [2.24, 2.45) is 0 Å². The Kier molecular flexibility index (Phi) is 8.83. The number of anilines is 3. The van der Waals surface area contributed by atoms with Crippen molar-refractivity contribution in [2.45, 2.75) is 64.7 Å². The minimum absolute atomic E-state index is 0.0632. The monoisotopic (exact) mass is 811 g/mol. The average molecular weight is 812 g/mol. The first-order chi connectivity index (χ1) is 30.4. The molecule has 0 atom stereocenters. The van der Waals surface area contributed by atoms with Gasteiger partial charge in [0.25, 0.3) is 0 Å². The van der Waals surface area contributed by atoms with Crippen LogP contribution in [0, 0.1) is 0 Å². The molecule has 0 saturated carbocycles. The lowest BCUT2D eigenvalue weighted by molar-refractivity contribution is 0.590. The van der Waals surface area contributed by atoms with Crippen LogP contribution in [-0.4, -0.2) is 0 Å². The maximum absolute atomic E-state index is 2.50. The number of benzene rings is 9. The molecule has 0 spiro atoms. The van der Waals surface area contributed by atoms with E-state index in [4.69, 9.17) is 0 Å². The highest BCUT2D eigenvalue weighted by Crippen LogP contribution is 2.54. The van der Waals surface area contributed by atoms with Gasteiger partial charge in [-0.25, -0.2) is 0 Å². The third kappa shape index (κ3) is 6.28. The minimum Gasteiger partial charge on any atom is -0.310 e. The molecule has 11 rings (SSSR count). The van der Waals surface area contributed by atoms with E-state index in [1.165, 1.54) is 94.2 Å². The zero-order valence-corrected chi connectivity index (χ0v) is 37.4. The number of rotatable bonds is 6. The second kappa shape index (κ2) is 14.3. The summed E-state index contributed by atoms with van der Waals surface area (Å²) in [5.41, 5.74) is 22.9. The largest absolute Gasteiger partial charge is 0.310 e. The molecular formula is C62H53N. The molecule has 0 aromatic heterocycles. The minimum atomic E-state index is -0.0784. The summed E-state index contributed by atoms with van der Waals surface area (Å²) in [5.74, 6) is 0. The van der Waals surface area contributed by atoms with Gasteiger partial charge in [-0.05, 0) is 130 Å². The van der Waals surface area contributed by atoms with Crippen molar-refractivity contribution in [1.82, 2.24) is 0 Å². The average Bonchev–Trinajstić information content (AvgIpc) is 3.68. The van der Waals surface area contributed by atoms with Gasteiger partial charge in [-0.1, -0.05) is 206 Å². The van der Waals surface area contributed by atoms with Gasteiger partial charge in [0.15, 0.2) is 0 Å². The van der Waals surface area contributed by atoms with Crippen LogP contribution in [0.15, 0.2) is 194 Å². The summed E-state index contributed by atoms with van der Waals surface area (Å²) in [6.07, 6.45) is 0. The lowest BCUT2D eigenvalue weighted by Gasteiger charge is -2.30. The lowest BCUT2D eigenvalue weighted by Crippen LogP contribution is -2.15. The van der Waals surface area contributed by atoms with Crippen molar-refractivity contribution >= 4 is 27.8 Å². The van der Waals surface area contributed by atoms with Gasteiger partial charge < -0.3 is 4.90 Å². The molecule has 0 bridgehead atoms. The first-order valence-corrected chi connectivity index (χ1v) is 22.5. The van der Waals surface area contributed by atoms with Crippen molar-refractivity contribution in [3.8, 4) is 55.6 Å². The fourth-order valence-corrected chi connectivity index (χ4v) is 10.7. The van der Waals surface area contributed by atoms with Gasteiger partial charge in [0.2, 0.25) is 0 Å². The van der Waals surface area contributed by atoms with Gasteiger partial charge in [-0.3, -0.25) is 0 Å². The molecule has 1 heteroatoms. The van der Waals surface area contributed by atoms with Gasteiger partial charge in [0.1, 0.15) is 0 Å². The summed E-state index contributed by atoms with van der Waals surface area (Å²) in [4.78, 5) is 2.50. The van der Waals surface area contributed by atoms with E-state index in [0.717, 1.165) is 17.1 Å². The molecule has 0 unspecified atom stereocenters. The predicted octanol–water partition coefficient (Wildman–Crippen LogP) is 17.2. The SMILES string of the molecule is CC(C)(C)c1ccc(-c2ccc(-c3ccc(N(c4ccc5c(c4)-c4ccccc4C5(C)C)c4ccc5ccccc5c4-c4ccc5c(c4)-c4ccccc4C5(C)C)cc3)cc2)cc1. The van der Waals surface area contributed by atoms with Crippen LogP contribution in [-0.2, 0) is 16.2 Å². The van der Waals surface area contributed by atoms with Crippen LogP contribution in [0.1, 0.15) is 76.3 Å². The van der Waals surface area contributed by atoms with Crippen LogP contribution >= 0.6 is 0 Å². The maximum atomic E-state index is 2.50. The zero-order chi connectivity index (χ0) is 43.3. The van der Waals surface area contributed by atoms with Crippen LogP contribution in [0.25, 0.3) is 66.4 Å². The highest BCUT2D eigenvalue weighted by atomic mass is 15.1. The summed E-state index contributed by atoms with van der Waals surface area (Å²) in [6.45, 7) is 16.2. The Balaban J connectivity index is 1.07. The first-order valence-electron chi connectivity index (χ1n) is 22.5. The Labute approximate surface area is 373 Å². The smallest absolute Gasteiger partial charge is 0.0546 e. The number of fused-ring (bicyclic) bond motifs is 7. The van der Waals surface area contributed by atoms with Gasteiger partial charge in [-0.2, -0.15) is 0 Å². The molecule has 0 N–H and O–H groups in total. The molecular weight excluding hydrogens is 759 g/mol. The van der Waals surface area contributed by atoms with E-state index in [-0.39, 0.29) is 16.2 Å². The van der Waals surface area contributed by atoms with Crippen LogP contribution in [0.3, 0.4) is 0 Å². The fourth-order valence-electron chi connectivity index (χ4n) is 10.7. The van der Waals surface area contributed by atoms with Gasteiger partial charge in [-0.15, -0.1) is 0 Å². The van der Waals surface area contributed by atoms with E-state index in [2.05, 4.69) is 247 Å². The fraction of sp³-hybridized carbons (Fsp3) is 0.161. The van der Waals surface area contributed by atoms with Gasteiger partial charge in [0, 0.05) is 27.8 Å². The van der Waals surface area contributed by atoms with E-state index in [1.807, 2.05) is 0 Å². The van der Waals surface area contributed by atoms with Crippen molar-refractivity contribution in [1.29, 1.82) is 0 Å². The van der Waals surface area contributed by atoms with E-state index in [9.17, 15) is 0 Å². The Hall–Kier alpha value is -6.96. The van der Waals surface area contributed by atoms with Crippen LogP contribution in [0.4, 0.5) is 17.1 Å². The Morgan fingerprint density at radius 1 is 0.365 bits per heavy atom. The summed E-state index contributed by atoms with van der Waals surface area (Å²) in [7, 11) is 0. The molecule has 9 aromatic carbocycles. The molecule has 0 heterocycles. The molecule has 9 aromatic rings. The van der Waals surface area contributed by atoms with Crippen molar-refractivity contribution in [2.75, 3.05) is 4.90 Å². The quantitative estimate of drug-likeness (QED) is 0.162. The molecule has 0 amide bonds. The van der Waals surface area contributed by atoms with E-state index < -0.39 is 0 Å². The lowest BCUT2D eigenvalue weighted by atomic mass is 9.82. The standard InChI is InChI=1S/C62H53N/c1-60(2,3)46-30-24-42(25-31-46)40-20-22-41(23-21-40)43-26-32-47(33-27-43)63(48-34-36-57-53(39-48)51-17-11-13-19-55(51)62(57,6)7)58-37-29-44-14-8-9-15-49(44)59(58)45-28-35-56-52(38-45)50-16-10-12-18-54(50)61(56,4)5/h8-39H,1-7H3. The zero-order valence-electron chi connectivity index (χ0n) is 37.4. The summed E-state index contributed by atoms with van der Waals surface area (Å²) in [6, 6.07) is 73.0. The Bertz CT molecular complexity index is 3230. The topological polar surface area (TPSA) is 3.24 Å². The third-order valence-electron chi connectivity index (χ3n) is 14.3. The van der Waals surface area contributed by atoms with E-state index in [0.29, 0.717) is 0 Å². The molecule has 0 saturated heterocycles. The van der Waals surface area contributed by atoms with Crippen LogP contribution < -0.4 is 4.90 Å². The van der Waals surface area contributed by atoms with Crippen molar-refractivity contribution < 1.29 is 0 Å². The number of nitrogens with zero attached hydrogens (tertiary/aromatic N) is 1. The summed E-state index contributed by atoms with van der Waals surface area (Å²) < 4.78 is 0. The highest BCUT2D eigenvalue weighted by molar-refractivity contribution is 6.06. The number of hydrogen-bond donors (Lipinski definition) is 0.